The van der Waals surface area contributed by atoms with Crippen molar-refractivity contribution < 1.29 is 9.13 Å². The zero-order chi connectivity index (χ0) is 13.0. The van der Waals surface area contributed by atoms with E-state index < -0.39 is 0 Å². The van der Waals surface area contributed by atoms with Crippen molar-refractivity contribution in [1.82, 2.24) is 4.98 Å². The Morgan fingerprint density at radius 2 is 2.17 bits per heavy atom. The van der Waals surface area contributed by atoms with Crippen LogP contribution in [0.4, 0.5) is 10.1 Å². The van der Waals surface area contributed by atoms with E-state index in [0.717, 1.165) is 10.2 Å². The number of benzene rings is 1. The number of anilines is 1. The Labute approximate surface area is 113 Å². The van der Waals surface area contributed by atoms with E-state index in [-0.39, 0.29) is 11.6 Å². The number of methoxy groups -OCH3 is 1. The average Bonchev–Trinajstić information content (AvgIpc) is 2.38. The minimum atomic E-state index is -0.383. The van der Waals surface area contributed by atoms with Gasteiger partial charge < -0.3 is 10.1 Å². The Morgan fingerprint density at radius 1 is 1.33 bits per heavy atom. The summed E-state index contributed by atoms with van der Waals surface area (Å²) >= 11 is 3.32. The molecule has 0 fully saturated rings. The number of pyridine rings is 1. The predicted molar refractivity (Wildman–Crippen MR) is 72.2 cm³/mol. The highest BCUT2D eigenvalue weighted by molar-refractivity contribution is 9.10. The lowest BCUT2D eigenvalue weighted by atomic mass is 10.2. The SMILES string of the molecule is COc1ccc(NCc2ccc(Br)cn2)cc1F. The van der Waals surface area contributed by atoms with E-state index in [2.05, 4.69) is 26.2 Å². The number of halogens is 2. The summed E-state index contributed by atoms with van der Waals surface area (Å²) in [5.74, 6) is -0.145. The first kappa shape index (κ1) is 12.8. The molecule has 0 atom stereocenters. The van der Waals surface area contributed by atoms with Crippen molar-refractivity contribution >= 4 is 21.6 Å². The zero-order valence-corrected chi connectivity index (χ0v) is 11.4. The molecule has 3 nitrogen and oxygen atoms in total. The lowest BCUT2D eigenvalue weighted by Gasteiger charge is -2.08. The summed E-state index contributed by atoms with van der Waals surface area (Å²) < 4.78 is 19.2. The van der Waals surface area contributed by atoms with Gasteiger partial charge in [-0.25, -0.2) is 4.39 Å². The summed E-state index contributed by atoms with van der Waals surface area (Å²) in [5, 5.41) is 3.10. The Kier molecular flexibility index (Phi) is 4.15. The van der Waals surface area contributed by atoms with Crippen LogP contribution in [0.1, 0.15) is 5.69 Å². The van der Waals surface area contributed by atoms with Crippen LogP contribution in [-0.4, -0.2) is 12.1 Å². The number of nitrogens with one attached hydrogen (secondary N) is 1. The maximum Gasteiger partial charge on any atom is 0.167 e. The van der Waals surface area contributed by atoms with Crippen LogP contribution in [-0.2, 0) is 6.54 Å². The molecule has 0 saturated heterocycles. The Bertz CT molecular complexity index is 531. The summed E-state index contributed by atoms with van der Waals surface area (Å²) in [5.41, 5.74) is 1.58. The van der Waals surface area contributed by atoms with Gasteiger partial charge in [0.2, 0.25) is 0 Å². The molecular formula is C13H12BrFN2O. The number of hydrogen-bond acceptors (Lipinski definition) is 3. The fourth-order valence-corrected chi connectivity index (χ4v) is 1.71. The van der Waals surface area contributed by atoms with Gasteiger partial charge in [-0.3, -0.25) is 4.98 Å². The van der Waals surface area contributed by atoms with Crippen LogP contribution >= 0.6 is 15.9 Å². The van der Waals surface area contributed by atoms with Crippen LogP contribution in [0.2, 0.25) is 0 Å². The van der Waals surface area contributed by atoms with Gasteiger partial charge in [0.15, 0.2) is 11.6 Å². The predicted octanol–water partition coefficient (Wildman–Crippen LogP) is 3.60. The molecule has 0 saturated carbocycles. The molecule has 1 N–H and O–H groups in total. The fraction of sp³-hybridized carbons (Fsp3) is 0.154. The lowest BCUT2D eigenvalue weighted by Crippen LogP contribution is -2.01. The third-order valence-electron chi connectivity index (χ3n) is 2.41. The summed E-state index contributed by atoms with van der Waals surface area (Å²) in [6, 6.07) is 8.57. The molecule has 1 aromatic heterocycles. The zero-order valence-electron chi connectivity index (χ0n) is 9.78. The van der Waals surface area contributed by atoms with Crippen molar-refractivity contribution in [2.75, 3.05) is 12.4 Å². The highest BCUT2D eigenvalue weighted by Gasteiger charge is 2.03. The van der Waals surface area contributed by atoms with E-state index in [1.54, 1.807) is 18.3 Å². The second-order valence-corrected chi connectivity index (χ2v) is 4.59. The number of nitrogens with zero attached hydrogens (tertiary/aromatic N) is 1. The first-order valence-electron chi connectivity index (χ1n) is 5.37. The van der Waals surface area contributed by atoms with Crippen LogP contribution < -0.4 is 10.1 Å². The number of ether oxygens (including phenoxy) is 1. The second-order valence-electron chi connectivity index (χ2n) is 3.67. The van der Waals surface area contributed by atoms with Crippen molar-refractivity contribution in [3.05, 3.63) is 52.5 Å². The Balaban J connectivity index is 2.02. The van der Waals surface area contributed by atoms with Crippen LogP contribution in [0.25, 0.3) is 0 Å². The molecule has 0 amide bonds. The lowest BCUT2D eigenvalue weighted by molar-refractivity contribution is 0.386. The topological polar surface area (TPSA) is 34.1 Å². The monoisotopic (exact) mass is 310 g/mol. The summed E-state index contributed by atoms with van der Waals surface area (Å²) in [7, 11) is 1.44. The molecule has 0 aliphatic heterocycles. The molecule has 0 radical (unpaired) electrons. The summed E-state index contributed by atoms with van der Waals surface area (Å²) in [4.78, 5) is 4.22. The van der Waals surface area contributed by atoms with Gasteiger partial charge in [0.1, 0.15) is 0 Å². The molecule has 0 unspecified atom stereocenters. The molecule has 1 aromatic carbocycles. The Hall–Kier alpha value is -1.62. The number of aromatic nitrogens is 1. The van der Waals surface area contributed by atoms with Crippen molar-refractivity contribution in [3.63, 3.8) is 0 Å². The molecule has 1 heterocycles. The summed E-state index contributed by atoms with van der Waals surface area (Å²) in [6.45, 7) is 0.541. The van der Waals surface area contributed by atoms with Gasteiger partial charge in [-0.2, -0.15) is 0 Å². The van der Waals surface area contributed by atoms with Gasteiger partial charge in [0, 0.05) is 22.4 Å². The van der Waals surface area contributed by atoms with Crippen molar-refractivity contribution in [2.24, 2.45) is 0 Å². The Morgan fingerprint density at radius 3 is 2.78 bits per heavy atom. The van der Waals surface area contributed by atoms with E-state index in [9.17, 15) is 4.39 Å². The highest BCUT2D eigenvalue weighted by atomic mass is 79.9. The molecule has 0 spiro atoms. The molecule has 18 heavy (non-hydrogen) atoms. The van der Waals surface area contributed by atoms with Crippen LogP contribution in [0.3, 0.4) is 0 Å². The largest absolute Gasteiger partial charge is 0.494 e. The first-order chi connectivity index (χ1) is 8.69. The quantitative estimate of drug-likeness (QED) is 0.937. The van der Waals surface area contributed by atoms with Crippen molar-refractivity contribution in [3.8, 4) is 5.75 Å². The average molecular weight is 311 g/mol. The smallest absolute Gasteiger partial charge is 0.167 e. The molecule has 2 rings (SSSR count). The van der Waals surface area contributed by atoms with Gasteiger partial charge >= 0.3 is 0 Å². The van der Waals surface area contributed by atoms with E-state index in [0.29, 0.717) is 12.2 Å². The van der Waals surface area contributed by atoms with E-state index in [1.165, 1.54) is 13.2 Å². The van der Waals surface area contributed by atoms with E-state index >= 15 is 0 Å². The summed E-state index contributed by atoms with van der Waals surface area (Å²) in [6.07, 6.45) is 1.73. The van der Waals surface area contributed by atoms with Gasteiger partial charge in [0.05, 0.1) is 19.3 Å². The molecule has 0 bridgehead atoms. The normalized spacial score (nSPS) is 10.2. The van der Waals surface area contributed by atoms with Gasteiger partial charge in [-0.1, -0.05) is 0 Å². The molecule has 2 aromatic rings. The minimum Gasteiger partial charge on any atom is -0.494 e. The molecule has 94 valence electrons. The van der Waals surface area contributed by atoms with Crippen molar-refractivity contribution in [2.45, 2.75) is 6.54 Å². The third-order valence-corrected chi connectivity index (χ3v) is 2.88. The molecule has 0 aliphatic carbocycles. The van der Waals surface area contributed by atoms with Gasteiger partial charge in [0.25, 0.3) is 0 Å². The third kappa shape index (κ3) is 3.20. The maximum absolute atomic E-state index is 13.4. The molecule has 0 aliphatic rings. The molecule has 5 heteroatoms. The van der Waals surface area contributed by atoms with E-state index in [4.69, 9.17) is 4.74 Å². The van der Waals surface area contributed by atoms with E-state index in [1.807, 2.05) is 12.1 Å². The van der Waals surface area contributed by atoms with Crippen LogP contribution in [0.15, 0.2) is 41.0 Å². The standard InChI is InChI=1S/C13H12BrFN2O/c1-18-13-5-4-10(6-12(13)15)17-8-11-3-2-9(14)7-16-11/h2-7,17H,8H2,1H3. The molecular weight excluding hydrogens is 299 g/mol. The fourth-order valence-electron chi connectivity index (χ4n) is 1.48. The van der Waals surface area contributed by atoms with Gasteiger partial charge in [-0.05, 0) is 40.2 Å². The van der Waals surface area contributed by atoms with Gasteiger partial charge in [-0.15, -0.1) is 0 Å². The van der Waals surface area contributed by atoms with Crippen LogP contribution in [0.5, 0.6) is 5.75 Å². The van der Waals surface area contributed by atoms with Crippen LogP contribution in [0, 0.1) is 5.82 Å². The number of hydrogen-bond donors (Lipinski definition) is 1. The second kappa shape index (κ2) is 5.82. The van der Waals surface area contributed by atoms with Crippen molar-refractivity contribution in [1.29, 1.82) is 0 Å². The first-order valence-corrected chi connectivity index (χ1v) is 6.16. The maximum atomic E-state index is 13.4. The minimum absolute atomic E-state index is 0.238. The highest BCUT2D eigenvalue weighted by Crippen LogP contribution is 2.21. The number of rotatable bonds is 4.